The van der Waals surface area contributed by atoms with Crippen LogP contribution in [-0.2, 0) is 4.79 Å². The maximum Gasteiger partial charge on any atom is 0.184 e. The highest BCUT2D eigenvalue weighted by molar-refractivity contribution is 5.80. The molecule has 1 aromatic carbocycles. The van der Waals surface area contributed by atoms with Gasteiger partial charge in [-0.25, -0.2) is 0 Å². The van der Waals surface area contributed by atoms with Crippen LogP contribution in [0.5, 0.6) is 5.75 Å². The van der Waals surface area contributed by atoms with Crippen LogP contribution >= 0.6 is 0 Å². The summed E-state index contributed by atoms with van der Waals surface area (Å²) in [5.74, 6) is 0.585. The molecule has 0 saturated carbocycles. The van der Waals surface area contributed by atoms with Crippen LogP contribution in [0.4, 0.5) is 0 Å². The van der Waals surface area contributed by atoms with E-state index in [-0.39, 0.29) is 5.76 Å². The molecule has 0 radical (unpaired) electrons. The fourth-order valence-corrected chi connectivity index (χ4v) is 0.949. The van der Waals surface area contributed by atoms with E-state index in [0.717, 1.165) is 0 Å². The minimum absolute atomic E-state index is 0.194. The van der Waals surface area contributed by atoms with Gasteiger partial charge in [0.15, 0.2) is 18.3 Å². The maximum atomic E-state index is 10.6. The van der Waals surface area contributed by atoms with Gasteiger partial charge in [0.25, 0.3) is 0 Å². The summed E-state index contributed by atoms with van der Waals surface area (Å²) < 4.78 is 5.20. The Morgan fingerprint density at radius 2 is 2.00 bits per heavy atom. The van der Waals surface area contributed by atoms with Crippen molar-refractivity contribution in [3.8, 4) is 5.75 Å². The van der Waals surface area contributed by atoms with Gasteiger partial charge in [0.2, 0.25) is 0 Å². The average molecular weight is 190 g/mol. The molecule has 0 atom stereocenters. The molecule has 0 spiro atoms. The Bertz CT molecular complexity index is 367. The van der Waals surface area contributed by atoms with E-state index in [1.54, 1.807) is 31.2 Å². The summed E-state index contributed by atoms with van der Waals surface area (Å²) in [4.78, 5) is 21.1. The van der Waals surface area contributed by atoms with Crippen LogP contribution in [0, 0.1) is 0 Å². The summed E-state index contributed by atoms with van der Waals surface area (Å²) in [5, 5.41) is 0. The maximum absolute atomic E-state index is 10.6. The quantitative estimate of drug-likeness (QED) is 0.414. The van der Waals surface area contributed by atoms with Crippen molar-refractivity contribution in [1.82, 2.24) is 0 Å². The third kappa shape index (κ3) is 2.29. The number of hydrogen-bond donors (Lipinski definition) is 0. The van der Waals surface area contributed by atoms with E-state index in [9.17, 15) is 9.59 Å². The Morgan fingerprint density at radius 1 is 1.29 bits per heavy atom. The van der Waals surface area contributed by atoms with Crippen molar-refractivity contribution in [2.24, 2.45) is 0 Å². The van der Waals surface area contributed by atoms with Gasteiger partial charge in [-0.2, -0.15) is 0 Å². The van der Waals surface area contributed by atoms with Crippen LogP contribution in [0.1, 0.15) is 17.3 Å². The summed E-state index contributed by atoms with van der Waals surface area (Å²) in [7, 11) is 0. The topological polar surface area (TPSA) is 43.4 Å². The number of ether oxygens (including phenoxy) is 1. The number of benzene rings is 1. The summed E-state index contributed by atoms with van der Waals surface area (Å²) in [6.07, 6.45) is 2.82. The monoisotopic (exact) mass is 190 g/mol. The number of hydrogen-bond acceptors (Lipinski definition) is 3. The molecule has 0 heterocycles. The van der Waals surface area contributed by atoms with Crippen molar-refractivity contribution in [2.45, 2.75) is 6.92 Å². The highest BCUT2D eigenvalue weighted by Crippen LogP contribution is 2.17. The molecule has 0 aliphatic rings. The molecule has 0 amide bonds. The van der Waals surface area contributed by atoms with Crippen LogP contribution in [0.3, 0.4) is 0 Å². The lowest BCUT2D eigenvalue weighted by Gasteiger charge is -2.05. The first-order valence-electron chi connectivity index (χ1n) is 4.15. The van der Waals surface area contributed by atoms with E-state index < -0.39 is 0 Å². The van der Waals surface area contributed by atoms with Crippen molar-refractivity contribution in [1.29, 1.82) is 0 Å². The zero-order valence-electron chi connectivity index (χ0n) is 7.77. The van der Waals surface area contributed by atoms with Gasteiger partial charge in [-0.05, 0) is 25.1 Å². The fourth-order valence-electron chi connectivity index (χ4n) is 0.949. The zero-order chi connectivity index (χ0) is 10.4. The Hall–Kier alpha value is -1.90. The molecule has 0 unspecified atom stereocenters. The van der Waals surface area contributed by atoms with Gasteiger partial charge < -0.3 is 4.74 Å². The second-order valence-electron chi connectivity index (χ2n) is 2.57. The van der Waals surface area contributed by atoms with Gasteiger partial charge >= 0.3 is 0 Å². The van der Waals surface area contributed by atoms with Crippen molar-refractivity contribution in [3.63, 3.8) is 0 Å². The van der Waals surface area contributed by atoms with E-state index in [0.29, 0.717) is 23.9 Å². The van der Waals surface area contributed by atoms with Crippen molar-refractivity contribution < 1.29 is 14.3 Å². The molecule has 1 rings (SSSR count). The van der Waals surface area contributed by atoms with Gasteiger partial charge in [-0.1, -0.05) is 12.1 Å². The summed E-state index contributed by atoms with van der Waals surface area (Å²) >= 11 is 0. The van der Waals surface area contributed by atoms with E-state index in [4.69, 9.17) is 4.74 Å². The van der Waals surface area contributed by atoms with Crippen LogP contribution in [0.2, 0.25) is 0 Å². The molecule has 0 bridgehead atoms. The molecule has 0 fully saturated rings. The van der Waals surface area contributed by atoms with Crippen molar-refractivity contribution in [3.05, 3.63) is 41.7 Å². The van der Waals surface area contributed by atoms with Gasteiger partial charge in [-0.15, -0.1) is 0 Å². The van der Waals surface area contributed by atoms with Crippen LogP contribution in [0.25, 0.3) is 0 Å². The van der Waals surface area contributed by atoms with E-state index in [1.165, 1.54) is 6.08 Å². The predicted molar refractivity (Wildman–Crippen MR) is 52.3 cm³/mol. The van der Waals surface area contributed by atoms with Gasteiger partial charge in [-0.3, -0.25) is 9.59 Å². The molecule has 0 saturated heterocycles. The van der Waals surface area contributed by atoms with Crippen LogP contribution in [-0.4, -0.2) is 12.6 Å². The van der Waals surface area contributed by atoms with Gasteiger partial charge in [0.05, 0.1) is 5.56 Å². The van der Waals surface area contributed by atoms with E-state index >= 15 is 0 Å². The summed E-state index contributed by atoms with van der Waals surface area (Å²) in [6, 6.07) is 6.73. The zero-order valence-corrected chi connectivity index (χ0v) is 7.77. The van der Waals surface area contributed by atoms with Crippen LogP contribution in [0.15, 0.2) is 36.1 Å². The lowest BCUT2D eigenvalue weighted by molar-refractivity contribution is -0.106. The molecule has 3 nitrogen and oxygen atoms in total. The molecule has 1 aromatic rings. The normalized spacial score (nSPS) is 10.8. The lowest BCUT2D eigenvalue weighted by atomic mass is 10.2. The Balaban J connectivity index is 2.95. The Kier molecular flexibility index (Phi) is 3.61. The van der Waals surface area contributed by atoms with Crippen molar-refractivity contribution >= 4 is 12.6 Å². The molecule has 14 heavy (non-hydrogen) atoms. The third-order valence-electron chi connectivity index (χ3n) is 1.67. The first-order chi connectivity index (χ1) is 6.81. The lowest BCUT2D eigenvalue weighted by Crippen LogP contribution is -1.98. The highest BCUT2D eigenvalue weighted by atomic mass is 16.5. The van der Waals surface area contributed by atoms with Gasteiger partial charge in [0, 0.05) is 0 Å². The number of allylic oxidation sites excluding steroid dienone is 2. The average Bonchev–Trinajstić information content (AvgIpc) is 2.26. The third-order valence-corrected chi connectivity index (χ3v) is 1.67. The molecule has 0 aliphatic heterocycles. The Morgan fingerprint density at radius 3 is 2.57 bits per heavy atom. The molecule has 3 heteroatoms. The minimum Gasteiger partial charge on any atom is -0.454 e. The largest absolute Gasteiger partial charge is 0.454 e. The first-order valence-corrected chi connectivity index (χ1v) is 4.15. The molecule has 0 aromatic heterocycles. The molecular formula is C11H10O3. The SMILES string of the molecule is C/C=C(/C=O)Oc1ccccc1C=O. The standard InChI is InChI=1S/C11H10O3/c1-2-10(8-13)14-11-6-4-3-5-9(11)7-12/h2-8H,1H3/b10-2-. The second kappa shape index (κ2) is 4.97. The summed E-state index contributed by atoms with van der Waals surface area (Å²) in [6.45, 7) is 1.69. The van der Waals surface area contributed by atoms with Crippen molar-refractivity contribution in [2.75, 3.05) is 0 Å². The molecule has 72 valence electrons. The number of rotatable bonds is 4. The molecule has 0 aliphatic carbocycles. The van der Waals surface area contributed by atoms with Crippen LogP contribution < -0.4 is 4.74 Å². The number of carbonyl (C=O) groups is 2. The Labute approximate surface area is 82.0 Å². The summed E-state index contributed by atoms with van der Waals surface area (Å²) in [5.41, 5.74) is 0.425. The fraction of sp³-hybridized carbons (Fsp3) is 0.0909. The highest BCUT2D eigenvalue weighted by Gasteiger charge is 2.03. The second-order valence-corrected chi connectivity index (χ2v) is 2.57. The smallest absolute Gasteiger partial charge is 0.184 e. The number of carbonyl (C=O) groups excluding carboxylic acids is 2. The molecule has 0 N–H and O–H groups in total. The van der Waals surface area contributed by atoms with E-state index in [1.807, 2.05) is 0 Å². The van der Waals surface area contributed by atoms with E-state index in [2.05, 4.69) is 0 Å². The molecular weight excluding hydrogens is 180 g/mol. The number of para-hydroxylation sites is 1. The van der Waals surface area contributed by atoms with Gasteiger partial charge in [0.1, 0.15) is 5.75 Å². The number of aldehydes is 2. The predicted octanol–water partition coefficient (Wildman–Crippen LogP) is 1.98. The minimum atomic E-state index is 0.194. The first kappa shape index (κ1) is 10.2.